The summed E-state index contributed by atoms with van der Waals surface area (Å²) in [6.45, 7) is 2.57. The lowest BCUT2D eigenvalue weighted by atomic mass is 10.1. The minimum Gasteiger partial charge on any atom is -0.350 e. The number of carbonyl (C=O) groups is 1. The molecule has 0 saturated carbocycles. The van der Waals surface area contributed by atoms with Crippen LogP contribution in [-0.2, 0) is 5.75 Å². The maximum atomic E-state index is 12.1. The highest BCUT2D eigenvalue weighted by Crippen LogP contribution is 2.13. The molecule has 0 aliphatic rings. The highest BCUT2D eigenvalue weighted by molar-refractivity contribution is 7.98. The Hall–Kier alpha value is -1.49. The molecule has 1 unspecified atom stereocenters. The molecule has 5 heteroatoms. The van der Waals surface area contributed by atoms with Crippen LogP contribution in [0.15, 0.2) is 54.6 Å². The van der Waals surface area contributed by atoms with Crippen molar-refractivity contribution in [1.29, 1.82) is 0 Å². The fourth-order valence-corrected chi connectivity index (χ4v) is 2.73. The Morgan fingerprint density at radius 3 is 2.39 bits per heavy atom. The molecule has 0 heterocycles. The van der Waals surface area contributed by atoms with Crippen LogP contribution in [0.25, 0.3) is 0 Å². The van der Waals surface area contributed by atoms with Crippen molar-refractivity contribution in [2.75, 3.05) is 12.3 Å². The van der Waals surface area contributed by atoms with E-state index in [1.807, 2.05) is 66.4 Å². The van der Waals surface area contributed by atoms with Gasteiger partial charge in [-0.05, 0) is 29.0 Å². The number of hydrogen-bond donors (Lipinski definition) is 2. The Morgan fingerprint density at radius 2 is 1.78 bits per heavy atom. The van der Waals surface area contributed by atoms with Gasteiger partial charge in [-0.15, -0.1) is 12.4 Å². The molecule has 1 amide bonds. The van der Waals surface area contributed by atoms with Crippen LogP contribution < -0.4 is 11.1 Å². The number of benzene rings is 2. The second kappa shape index (κ2) is 10.3. The summed E-state index contributed by atoms with van der Waals surface area (Å²) in [5.41, 5.74) is 9.02. The number of nitrogens with one attached hydrogen (secondary N) is 1. The van der Waals surface area contributed by atoms with E-state index in [1.165, 1.54) is 5.56 Å². The number of thioether (sulfide) groups is 1. The van der Waals surface area contributed by atoms with Crippen molar-refractivity contribution in [2.24, 2.45) is 5.73 Å². The highest BCUT2D eigenvalue weighted by atomic mass is 35.5. The Labute approximate surface area is 148 Å². The van der Waals surface area contributed by atoms with Crippen molar-refractivity contribution in [2.45, 2.75) is 18.7 Å². The Bertz CT molecular complexity index is 590. The van der Waals surface area contributed by atoms with E-state index in [0.29, 0.717) is 12.1 Å². The van der Waals surface area contributed by atoms with Crippen molar-refractivity contribution in [1.82, 2.24) is 5.32 Å². The van der Waals surface area contributed by atoms with E-state index < -0.39 is 0 Å². The summed E-state index contributed by atoms with van der Waals surface area (Å²) in [7, 11) is 0. The van der Waals surface area contributed by atoms with Gasteiger partial charge >= 0.3 is 0 Å². The summed E-state index contributed by atoms with van der Waals surface area (Å²) in [6, 6.07) is 17.4. The lowest BCUT2D eigenvalue weighted by molar-refractivity contribution is 0.0951. The van der Waals surface area contributed by atoms with Gasteiger partial charge in [0, 0.05) is 23.9 Å². The summed E-state index contributed by atoms with van der Waals surface area (Å²) in [6.07, 6.45) is 0. The molecule has 3 nitrogen and oxygen atoms in total. The van der Waals surface area contributed by atoms with Crippen molar-refractivity contribution >= 4 is 30.1 Å². The molecule has 0 radical (unpaired) electrons. The first-order chi connectivity index (χ1) is 10.7. The molecular weight excluding hydrogens is 328 g/mol. The van der Waals surface area contributed by atoms with Gasteiger partial charge in [-0.1, -0.05) is 49.4 Å². The summed E-state index contributed by atoms with van der Waals surface area (Å²) in [5.74, 6) is 2.00. The zero-order chi connectivity index (χ0) is 15.8. The maximum Gasteiger partial charge on any atom is 0.251 e. The van der Waals surface area contributed by atoms with Crippen LogP contribution in [0.1, 0.15) is 34.5 Å². The molecule has 3 N–H and O–H groups in total. The van der Waals surface area contributed by atoms with Gasteiger partial charge in [0.25, 0.3) is 5.91 Å². The van der Waals surface area contributed by atoms with Gasteiger partial charge in [-0.25, -0.2) is 0 Å². The first-order valence-electron chi connectivity index (χ1n) is 7.46. The fourth-order valence-electron chi connectivity index (χ4n) is 2.10. The van der Waals surface area contributed by atoms with Gasteiger partial charge in [0.15, 0.2) is 0 Å². The smallest absolute Gasteiger partial charge is 0.251 e. The van der Waals surface area contributed by atoms with Gasteiger partial charge in [-0.3, -0.25) is 4.79 Å². The Balaban J connectivity index is 0.00000264. The number of halogens is 1. The quantitative estimate of drug-likeness (QED) is 0.798. The lowest BCUT2D eigenvalue weighted by Gasteiger charge is -2.13. The molecule has 0 spiro atoms. The van der Waals surface area contributed by atoms with E-state index in [2.05, 4.69) is 12.2 Å². The van der Waals surface area contributed by atoms with E-state index in [0.717, 1.165) is 17.1 Å². The van der Waals surface area contributed by atoms with Crippen LogP contribution in [0.2, 0.25) is 0 Å². The van der Waals surface area contributed by atoms with Crippen molar-refractivity contribution < 1.29 is 4.79 Å². The summed E-state index contributed by atoms with van der Waals surface area (Å²) in [5, 5.41) is 2.89. The molecule has 0 aliphatic heterocycles. The van der Waals surface area contributed by atoms with Gasteiger partial charge in [-0.2, -0.15) is 11.8 Å². The minimum atomic E-state index is -0.189. The van der Waals surface area contributed by atoms with Crippen LogP contribution in [-0.4, -0.2) is 18.2 Å². The number of carbonyl (C=O) groups excluding carboxylic acids is 1. The van der Waals surface area contributed by atoms with E-state index in [-0.39, 0.29) is 24.4 Å². The topological polar surface area (TPSA) is 55.1 Å². The molecule has 0 saturated heterocycles. The number of amides is 1. The van der Waals surface area contributed by atoms with Crippen LogP contribution in [0.3, 0.4) is 0 Å². The van der Waals surface area contributed by atoms with E-state index in [1.54, 1.807) is 0 Å². The molecule has 0 bridgehead atoms. The maximum absolute atomic E-state index is 12.1. The largest absolute Gasteiger partial charge is 0.350 e. The molecule has 2 aromatic carbocycles. The fraction of sp³-hybridized carbons (Fsp3) is 0.278. The van der Waals surface area contributed by atoms with Crippen LogP contribution >= 0.6 is 24.2 Å². The standard InChI is InChI=1S/C18H22N2OS.ClH/c1-2-22-13-14-8-10-16(11-9-14)18(21)20-12-17(19)15-6-4-3-5-7-15;/h3-11,17H,2,12-13,19H2,1H3,(H,20,21);1H. The number of rotatable bonds is 7. The first-order valence-corrected chi connectivity index (χ1v) is 8.61. The number of hydrogen-bond acceptors (Lipinski definition) is 3. The van der Waals surface area contributed by atoms with Gasteiger partial charge in [0.05, 0.1) is 0 Å². The predicted octanol–water partition coefficient (Wildman–Crippen LogP) is 3.79. The van der Waals surface area contributed by atoms with Crippen LogP contribution in [0, 0.1) is 0 Å². The second-order valence-electron chi connectivity index (χ2n) is 5.06. The Kier molecular flexibility index (Phi) is 8.77. The van der Waals surface area contributed by atoms with Gasteiger partial charge in [0.1, 0.15) is 0 Å². The third-order valence-electron chi connectivity index (χ3n) is 3.40. The van der Waals surface area contributed by atoms with Gasteiger partial charge in [0.2, 0.25) is 0 Å². The van der Waals surface area contributed by atoms with Crippen molar-refractivity contribution in [3.63, 3.8) is 0 Å². The van der Waals surface area contributed by atoms with E-state index in [4.69, 9.17) is 5.73 Å². The molecule has 124 valence electrons. The lowest BCUT2D eigenvalue weighted by Crippen LogP contribution is -2.31. The molecule has 2 rings (SSSR count). The number of nitrogens with two attached hydrogens (primary N) is 1. The van der Waals surface area contributed by atoms with E-state index >= 15 is 0 Å². The average molecular weight is 351 g/mol. The van der Waals surface area contributed by atoms with Crippen LogP contribution in [0.4, 0.5) is 0 Å². The predicted molar refractivity (Wildman–Crippen MR) is 101 cm³/mol. The molecule has 2 aromatic rings. The molecule has 0 aliphatic carbocycles. The molecule has 23 heavy (non-hydrogen) atoms. The summed E-state index contributed by atoms with van der Waals surface area (Å²) in [4.78, 5) is 12.1. The molecule has 1 atom stereocenters. The third kappa shape index (κ3) is 6.26. The van der Waals surface area contributed by atoms with Gasteiger partial charge < -0.3 is 11.1 Å². The van der Waals surface area contributed by atoms with E-state index in [9.17, 15) is 4.79 Å². The SMILES string of the molecule is CCSCc1ccc(C(=O)NCC(N)c2ccccc2)cc1.Cl. The zero-order valence-corrected chi connectivity index (χ0v) is 14.8. The van der Waals surface area contributed by atoms with Crippen molar-refractivity contribution in [3.05, 3.63) is 71.3 Å². The molecular formula is C18H23ClN2OS. The third-order valence-corrected chi connectivity index (χ3v) is 4.34. The molecule has 0 aromatic heterocycles. The van der Waals surface area contributed by atoms with Crippen molar-refractivity contribution in [3.8, 4) is 0 Å². The molecule has 0 fully saturated rings. The van der Waals surface area contributed by atoms with Crippen LogP contribution in [0.5, 0.6) is 0 Å². The second-order valence-corrected chi connectivity index (χ2v) is 6.34. The monoisotopic (exact) mass is 350 g/mol. The first kappa shape index (κ1) is 19.6. The summed E-state index contributed by atoms with van der Waals surface area (Å²) >= 11 is 1.87. The Morgan fingerprint density at radius 1 is 1.13 bits per heavy atom. The zero-order valence-electron chi connectivity index (χ0n) is 13.2. The average Bonchev–Trinajstić information content (AvgIpc) is 2.58. The summed E-state index contributed by atoms with van der Waals surface area (Å²) < 4.78 is 0. The minimum absolute atomic E-state index is 0. The highest BCUT2D eigenvalue weighted by Gasteiger charge is 2.09. The normalized spacial score (nSPS) is 11.4.